The predicted octanol–water partition coefficient (Wildman–Crippen LogP) is 1.82. The van der Waals surface area contributed by atoms with E-state index in [1.54, 1.807) is 6.07 Å². The van der Waals surface area contributed by atoms with E-state index < -0.39 is 0 Å². The van der Waals surface area contributed by atoms with Crippen molar-refractivity contribution in [1.29, 1.82) is 0 Å². The van der Waals surface area contributed by atoms with Gasteiger partial charge in [-0.05, 0) is 38.4 Å². The molecule has 0 bridgehead atoms. The summed E-state index contributed by atoms with van der Waals surface area (Å²) in [5.74, 6) is -0.182. The van der Waals surface area contributed by atoms with Crippen molar-refractivity contribution in [3.05, 3.63) is 40.9 Å². The topological polar surface area (TPSA) is 89.2 Å². The summed E-state index contributed by atoms with van der Waals surface area (Å²) >= 11 is 0. The zero-order valence-corrected chi connectivity index (χ0v) is 15.2. The van der Waals surface area contributed by atoms with Gasteiger partial charge in [-0.15, -0.1) is 12.4 Å². The van der Waals surface area contributed by atoms with Crippen LogP contribution in [0, 0.1) is 0 Å². The van der Waals surface area contributed by atoms with Gasteiger partial charge in [0, 0.05) is 17.5 Å². The minimum absolute atomic E-state index is 0. The summed E-state index contributed by atoms with van der Waals surface area (Å²) in [6.45, 7) is 2.93. The van der Waals surface area contributed by atoms with E-state index >= 15 is 0 Å². The molecule has 1 saturated heterocycles. The summed E-state index contributed by atoms with van der Waals surface area (Å²) in [6.07, 6.45) is 3.20. The number of nitrogens with one attached hydrogen (secondary N) is 2. The van der Waals surface area contributed by atoms with Crippen molar-refractivity contribution in [2.75, 3.05) is 6.54 Å². The molecule has 1 fully saturated rings. The number of hydrogen-bond acceptors (Lipinski definition) is 5. The van der Waals surface area contributed by atoms with Crippen molar-refractivity contribution in [3.8, 4) is 0 Å². The standard InChI is InChI=1S/C18H20N4O3.ClH/c1-11-8-12(6-7-19-11)21-15(23)9-22-10-20-16-13-4-2-3-5-14(13)25-17(16)18(22)24;/h2-5,10-12,19H,6-9H2,1H3,(H,21,23);1H. The van der Waals surface area contributed by atoms with Gasteiger partial charge in [0.1, 0.15) is 17.6 Å². The minimum atomic E-state index is -0.338. The average Bonchev–Trinajstić information content (AvgIpc) is 2.97. The number of fused-ring (bicyclic) bond motifs is 3. The first-order valence-corrected chi connectivity index (χ1v) is 8.51. The highest BCUT2D eigenvalue weighted by Gasteiger charge is 2.20. The maximum absolute atomic E-state index is 12.6. The molecule has 2 unspecified atom stereocenters. The van der Waals surface area contributed by atoms with Gasteiger partial charge < -0.3 is 15.1 Å². The molecular weight excluding hydrogens is 356 g/mol. The van der Waals surface area contributed by atoms with Crippen molar-refractivity contribution < 1.29 is 9.21 Å². The highest BCUT2D eigenvalue weighted by atomic mass is 35.5. The maximum atomic E-state index is 12.6. The fourth-order valence-corrected chi connectivity index (χ4v) is 3.42. The summed E-state index contributed by atoms with van der Waals surface area (Å²) in [5, 5.41) is 7.15. The first-order chi connectivity index (χ1) is 12.1. The molecule has 4 rings (SSSR count). The fraction of sp³-hybridized carbons (Fsp3) is 0.389. The number of furan rings is 1. The van der Waals surface area contributed by atoms with Crippen LogP contribution in [0.1, 0.15) is 19.8 Å². The van der Waals surface area contributed by atoms with E-state index in [9.17, 15) is 9.59 Å². The molecule has 0 aliphatic carbocycles. The summed E-state index contributed by atoms with van der Waals surface area (Å²) < 4.78 is 6.93. The Morgan fingerprint density at radius 1 is 1.42 bits per heavy atom. The number of piperidine rings is 1. The second-order valence-corrected chi connectivity index (χ2v) is 6.60. The van der Waals surface area contributed by atoms with Crippen LogP contribution >= 0.6 is 12.4 Å². The summed E-state index contributed by atoms with van der Waals surface area (Å²) in [7, 11) is 0. The number of halogens is 1. The van der Waals surface area contributed by atoms with Crippen molar-refractivity contribution in [2.45, 2.75) is 38.4 Å². The SMILES string of the molecule is CC1CC(NC(=O)Cn2cnc3c(oc4ccccc43)c2=O)CCN1.Cl. The zero-order valence-electron chi connectivity index (χ0n) is 14.4. The highest BCUT2D eigenvalue weighted by Crippen LogP contribution is 2.23. The highest BCUT2D eigenvalue weighted by molar-refractivity contribution is 6.01. The molecule has 1 aliphatic heterocycles. The number of aromatic nitrogens is 2. The van der Waals surface area contributed by atoms with Gasteiger partial charge in [-0.2, -0.15) is 0 Å². The number of amides is 1. The van der Waals surface area contributed by atoms with Gasteiger partial charge in [0.05, 0.1) is 6.33 Å². The largest absolute Gasteiger partial charge is 0.448 e. The number of carbonyl (C=O) groups excluding carboxylic acids is 1. The molecule has 2 atom stereocenters. The first kappa shape index (κ1) is 18.4. The molecule has 0 radical (unpaired) electrons. The van der Waals surface area contributed by atoms with Crippen molar-refractivity contribution in [3.63, 3.8) is 0 Å². The quantitative estimate of drug-likeness (QED) is 0.727. The van der Waals surface area contributed by atoms with E-state index in [4.69, 9.17) is 4.42 Å². The molecule has 0 saturated carbocycles. The number of rotatable bonds is 3. The van der Waals surface area contributed by atoms with Crippen LogP contribution in [0.3, 0.4) is 0 Å². The van der Waals surface area contributed by atoms with Crippen LogP contribution in [0.25, 0.3) is 22.1 Å². The third-order valence-electron chi connectivity index (χ3n) is 4.65. The van der Waals surface area contributed by atoms with Crippen molar-refractivity contribution in [1.82, 2.24) is 20.2 Å². The normalized spacial score (nSPS) is 20.0. The molecule has 7 nitrogen and oxygen atoms in total. The summed E-state index contributed by atoms with van der Waals surface area (Å²) in [6, 6.07) is 7.90. The van der Waals surface area contributed by atoms with Gasteiger partial charge >= 0.3 is 0 Å². The van der Waals surface area contributed by atoms with Gasteiger partial charge in [-0.3, -0.25) is 14.2 Å². The molecule has 1 aromatic carbocycles. The first-order valence-electron chi connectivity index (χ1n) is 8.51. The van der Waals surface area contributed by atoms with E-state index in [0.717, 1.165) is 24.8 Å². The zero-order chi connectivity index (χ0) is 17.4. The maximum Gasteiger partial charge on any atom is 0.297 e. The number of hydrogen-bond donors (Lipinski definition) is 2. The molecule has 138 valence electrons. The molecule has 8 heteroatoms. The minimum Gasteiger partial charge on any atom is -0.448 e. The molecule has 3 heterocycles. The molecule has 3 aromatic rings. The Kier molecular flexibility index (Phi) is 5.29. The Hall–Kier alpha value is -2.38. The van der Waals surface area contributed by atoms with E-state index in [2.05, 4.69) is 22.5 Å². The lowest BCUT2D eigenvalue weighted by Gasteiger charge is -2.28. The Labute approximate surface area is 156 Å². The molecule has 1 aliphatic rings. The summed E-state index contributed by atoms with van der Waals surface area (Å²) in [4.78, 5) is 29.2. The smallest absolute Gasteiger partial charge is 0.297 e. The second-order valence-electron chi connectivity index (χ2n) is 6.60. The number of benzene rings is 1. The molecule has 26 heavy (non-hydrogen) atoms. The van der Waals surface area contributed by atoms with E-state index in [1.807, 2.05) is 18.2 Å². The Morgan fingerprint density at radius 3 is 3.04 bits per heavy atom. The van der Waals surface area contributed by atoms with Crippen LogP contribution < -0.4 is 16.2 Å². The van der Waals surface area contributed by atoms with Crippen molar-refractivity contribution >= 4 is 40.4 Å². The molecule has 2 N–H and O–H groups in total. The van der Waals surface area contributed by atoms with Gasteiger partial charge in [-0.25, -0.2) is 4.98 Å². The Morgan fingerprint density at radius 2 is 2.23 bits per heavy atom. The van der Waals surface area contributed by atoms with Gasteiger partial charge in [0.2, 0.25) is 11.5 Å². The second kappa shape index (κ2) is 7.47. The number of para-hydroxylation sites is 1. The fourth-order valence-electron chi connectivity index (χ4n) is 3.42. The molecule has 2 aromatic heterocycles. The lowest BCUT2D eigenvalue weighted by atomic mass is 10.0. The number of nitrogens with zero attached hydrogens (tertiary/aromatic N) is 2. The summed E-state index contributed by atoms with van der Waals surface area (Å²) in [5.41, 5.74) is 0.999. The van der Waals surface area contributed by atoms with Crippen LogP contribution in [-0.4, -0.2) is 34.1 Å². The van der Waals surface area contributed by atoms with E-state index in [-0.39, 0.29) is 42.0 Å². The van der Waals surface area contributed by atoms with E-state index in [0.29, 0.717) is 17.1 Å². The van der Waals surface area contributed by atoms with Crippen LogP contribution in [0.5, 0.6) is 0 Å². The third-order valence-corrected chi connectivity index (χ3v) is 4.65. The van der Waals surface area contributed by atoms with Gasteiger partial charge in [0.25, 0.3) is 5.56 Å². The Balaban J connectivity index is 0.00000196. The third kappa shape index (κ3) is 3.45. The Bertz CT molecular complexity index is 997. The monoisotopic (exact) mass is 376 g/mol. The predicted molar refractivity (Wildman–Crippen MR) is 102 cm³/mol. The van der Waals surface area contributed by atoms with Gasteiger partial charge in [0.15, 0.2) is 0 Å². The van der Waals surface area contributed by atoms with Crippen LogP contribution in [-0.2, 0) is 11.3 Å². The lowest BCUT2D eigenvalue weighted by Crippen LogP contribution is -2.47. The molecular formula is C18H21ClN4O3. The average molecular weight is 377 g/mol. The van der Waals surface area contributed by atoms with E-state index in [1.165, 1.54) is 10.9 Å². The lowest BCUT2D eigenvalue weighted by molar-refractivity contribution is -0.122. The molecule has 0 spiro atoms. The van der Waals surface area contributed by atoms with Crippen LogP contribution in [0.4, 0.5) is 0 Å². The molecule has 1 amide bonds. The van der Waals surface area contributed by atoms with Crippen molar-refractivity contribution in [2.24, 2.45) is 0 Å². The number of carbonyl (C=O) groups is 1. The van der Waals surface area contributed by atoms with Gasteiger partial charge in [-0.1, -0.05) is 12.1 Å². The van der Waals surface area contributed by atoms with Crippen LogP contribution in [0.2, 0.25) is 0 Å². The van der Waals surface area contributed by atoms with Crippen LogP contribution in [0.15, 0.2) is 39.8 Å².